The van der Waals surface area contributed by atoms with Gasteiger partial charge in [-0.15, -0.1) is 0 Å². The van der Waals surface area contributed by atoms with E-state index in [0.717, 1.165) is 59.0 Å². The molecule has 4 nitrogen and oxygen atoms in total. The molecule has 3 aromatic rings. The number of rotatable bonds is 6. The van der Waals surface area contributed by atoms with E-state index in [4.69, 9.17) is 4.74 Å². The second-order valence-electron chi connectivity index (χ2n) is 7.23. The topological polar surface area (TPSA) is 34.5 Å². The van der Waals surface area contributed by atoms with Gasteiger partial charge in [0.1, 0.15) is 5.75 Å². The fourth-order valence-corrected chi connectivity index (χ4v) is 4.93. The first kappa shape index (κ1) is 19.1. The van der Waals surface area contributed by atoms with Crippen LogP contribution < -0.4 is 4.74 Å². The first-order chi connectivity index (χ1) is 13.7. The number of hydrogen-bond acceptors (Lipinski definition) is 4. The quantitative estimate of drug-likeness (QED) is 0.586. The largest absolute Gasteiger partial charge is 0.497 e. The maximum absolute atomic E-state index is 13.3. The van der Waals surface area contributed by atoms with Crippen molar-refractivity contribution in [2.45, 2.75) is 13.5 Å². The normalized spacial score (nSPS) is 15.1. The molecule has 2 heterocycles. The van der Waals surface area contributed by atoms with Crippen molar-refractivity contribution >= 4 is 28.4 Å². The van der Waals surface area contributed by atoms with E-state index < -0.39 is 0 Å². The van der Waals surface area contributed by atoms with E-state index in [1.165, 1.54) is 5.56 Å². The summed E-state index contributed by atoms with van der Waals surface area (Å²) < 4.78 is 7.69. The smallest absolute Gasteiger partial charge is 0.179 e. The highest BCUT2D eigenvalue weighted by Gasteiger charge is 2.23. The molecule has 0 spiro atoms. The first-order valence-corrected chi connectivity index (χ1v) is 10.9. The molecule has 1 aliphatic rings. The summed E-state index contributed by atoms with van der Waals surface area (Å²) in [6.45, 7) is 5.28. The molecule has 0 radical (unpaired) electrons. The minimum absolute atomic E-state index is 0.203. The Bertz CT molecular complexity index is 975. The Kier molecular flexibility index (Phi) is 5.74. The number of fused-ring (bicyclic) bond motifs is 1. The van der Waals surface area contributed by atoms with Crippen molar-refractivity contribution in [3.05, 3.63) is 65.4 Å². The van der Waals surface area contributed by atoms with Crippen LogP contribution in [-0.4, -0.2) is 53.5 Å². The Morgan fingerprint density at radius 2 is 1.86 bits per heavy atom. The van der Waals surface area contributed by atoms with Crippen molar-refractivity contribution in [3.63, 3.8) is 0 Å². The van der Waals surface area contributed by atoms with Crippen molar-refractivity contribution in [1.82, 2.24) is 9.47 Å². The Morgan fingerprint density at radius 3 is 2.57 bits per heavy atom. The van der Waals surface area contributed by atoms with E-state index in [9.17, 15) is 4.79 Å². The summed E-state index contributed by atoms with van der Waals surface area (Å²) in [4.78, 5) is 15.6. The molecule has 4 rings (SSSR count). The van der Waals surface area contributed by atoms with Gasteiger partial charge in [-0.1, -0.05) is 30.3 Å². The van der Waals surface area contributed by atoms with Crippen LogP contribution in [0.3, 0.4) is 0 Å². The monoisotopic (exact) mass is 394 g/mol. The molecule has 0 aliphatic carbocycles. The average Bonchev–Trinajstić information content (AvgIpc) is 3.00. The zero-order valence-corrected chi connectivity index (χ0v) is 17.3. The van der Waals surface area contributed by atoms with Gasteiger partial charge in [0, 0.05) is 53.3 Å². The molecule has 146 valence electrons. The molecule has 1 aromatic heterocycles. The molecule has 0 saturated carbocycles. The van der Waals surface area contributed by atoms with Gasteiger partial charge in [0.05, 0.1) is 13.7 Å². The van der Waals surface area contributed by atoms with Gasteiger partial charge < -0.3 is 9.30 Å². The molecule has 2 aromatic carbocycles. The highest BCUT2D eigenvalue weighted by atomic mass is 32.2. The molecule has 0 N–H and O–H groups in total. The zero-order valence-electron chi connectivity index (χ0n) is 16.5. The van der Waals surface area contributed by atoms with Crippen LogP contribution in [0.4, 0.5) is 0 Å². The lowest BCUT2D eigenvalue weighted by Gasteiger charge is -2.25. The minimum Gasteiger partial charge on any atom is -0.497 e. The number of carbonyl (C=O) groups is 1. The third-order valence-electron chi connectivity index (χ3n) is 5.46. The van der Waals surface area contributed by atoms with Crippen LogP contribution in [0.2, 0.25) is 0 Å². The lowest BCUT2D eigenvalue weighted by Crippen LogP contribution is -2.36. The molecule has 0 unspecified atom stereocenters. The number of ketones is 1. The number of methoxy groups -OCH3 is 1. The number of Topliss-reactive ketones (excluding diaryl/α,β-unsaturated/α-hetero) is 1. The van der Waals surface area contributed by atoms with Crippen LogP contribution in [0.15, 0.2) is 48.5 Å². The summed E-state index contributed by atoms with van der Waals surface area (Å²) in [6, 6.07) is 16.4. The Morgan fingerprint density at radius 1 is 1.11 bits per heavy atom. The van der Waals surface area contributed by atoms with Gasteiger partial charge in [-0.2, -0.15) is 11.8 Å². The molecular weight excluding hydrogens is 368 g/mol. The predicted molar refractivity (Wildman–Crippen MR) is 117 cm³/mol. The summed E-state index contributed by atoms with van der Waals surface area (Å²) in [7, 11) is 1.67. The van der Waals surface area contributed by atoms with E-state index in [0.29, 0.717) is 6.54 Å². The van der Waals surface area contributed by atoms with Crippen LogP contribution in [0.5, 0.6) is 5.75 Å². The molecule has 28 heavy (non-hydrogen) atoms. The van der Waals surface area contributed by atoms with Crippen LogP contribution in [0.25, 0.3) is 10.9 Å². The molecule has 0 amide bonds. The number of hydrogen-bond donors (Lipinski definition) is 0. The van der Waals surface area contributed by atoms with Crippen LogP contribution in [0, 0.1) is 6.92 Å². The predicted octanol–water partition coefficient (Wildman–Crippen LogP) is 4.24. The van der Waals surface area contributed by atoms with E-state index in [1.807, 2.05) is 30.0 Å². The van der Waals surface area contributed by atoms with E-state index in [-0.39, 0.29) is 5.78 Å². The molecular formula is C23H26N2O2S. The summed E-state index contributed by atoms with van der Waals surface area (Å²) in [6.07, 6.45) is 0. The zero-order chi connectivity index (χ0) is 19.5. The van der Waals surface area contributed by atoms with Gasteiger partial charge in [0.2, 0.25) is 0 Å². The van der Waals surface area contributed by atoms with Gasteiger partial charge in [-0.05, 0) is 30.7 Å². The SMILES string of the molecule is COc1ccc2c(c1)c(C(=O)CN1CCSCC1)c(C)n2Cc1ccccc1. The van der Waals surface area contributed by atoms with Crippen molar-refractivity contribution in [2.24, 2.45) is 0 Å². The summed E-state index contributed by atoms with van der Waals surface area (Å²) in [5, 5.41) is 0.990. The van der Waals surface area contributed by atoms with Crippen LogP contribution in [-0.2, 0) is 6.54 Å². The van der Waals surface area contributed by atoms with Gasteiger partial charge in [0.25, 0.3) is 0 Å². The second-order valence-corrected chi connectivity index (χ2v) is 8.45. The summed E-state index contributed by atoms with van der Waals surface area (Å²) in [5.74, 6) is 3.20. The minimum atomic E-state index is 0.203. The fourth-order valence-electron chi connectivity index (χ4n) is 3.95. The number of thioether (sulfide) groups is 1. The maximum atomic E-state index is 13.3. The maximum Gasteiger partial charge on any atom is 0.179 e. The Balaban J connectivity index is 1.75. The number of nitrogens with zero attached hydrogens (tertiary/aromatic N) is 2. The van der Waals surface area contributed by atoms with Crippen LogP contribution in [0.1, 0.15) is 21.6 Å². The number of carbonyl (C=O) groups excluding carboxylic acids is 1. The molecule has 1 saturated heterocycles. The van der Waals surface area contributed by atoms with Crippen molar-refractivity contribution in [1.29, 1.82) is 0 Å². The molecule has 1 fully saturated rings. The van der Waals surface area contributed by atoms with E-state index in [2.05, 4.69) is 46.7 Å². The Labute approximate surface area is 170 Å². The molecule has 5 heteroatoms. The Hall–Kier alpha value is -2.24. The number of benzene rings is 2. The summed E-state index contributed by atoms with van der Waals surface area (Å²) in [5.41, 5.74) is 4.18. The van der Waals surface area contributed by atoms with E-state index >= 15 is 0 Å². The summed E-state index contributed by atoms with van der Waals surface area (Å²) >= 11 is 1.96. The van der Waals surface area contributed by atoms with Gasteiger partial charge in [0.15, 0.2) is 5.78 Å². The van der Waals surface area contributed by atoms with Gasteiger partial charge in [-0.25, -0.2) is 0 Å². The van der Waals surface area contributed by atoms with Crippen molar-refractivity contribution < 1.29 is 9.53 Å². The molecule has 0 atom stereocenters. The van der Waals surface area contributed by atoms with Crippen LogP contribution >= 0.6 is 11.8 Å². The number of ether oxygens (including phenoxy) is 1. The lowest BCUT2D eigenvalue weighted by molar-refractivity contribution is 0.0938. The lowest BCUT2D eigenvalue weighted by atomic mass is 10.1. The molecule has 0 bridgehead atoms. The number of aromatic nitrogens is 1. The van der Waals surface area contributed by atoms with Crippen molar-refractivity contribution in [2.75, 3.05) is 38.2 Å². The highest BCUT2D eigenvalue weighted by molar-refractivity contribution is 7.99. The second kappa shape index (κ2) is 8.41. The highest BCUT2D eigenvalue weighted by Crippen LogP contribution is 2.31. The third-order valence-corrected chi connectivity index (χ3v) is 6.41. The van der Waals surface area contributed by atoms with Gasteiger partial charge in [-0.3, -0.25) is 9.69 Å². The van der Waals surface area contributed by atoms with Gasteiger partial charge >= 0.3 is 0 Å². The third kappa shape index (κ3) is 3.82. The van der Waals surface area contributed by atoms with Crippen molar-refractivity contribution in [3.8, 4) is 5.75 Å². The first-order valence-electron chi connectivity index (χ1n) is 9.71. The standard InChI is InChI=1S/C23H26N2O2S/c1-17-23(22(26)16-24-10-12-28-13-11-24)20-14-19(27-2)8-9-21(20)25(17)15-18-6-4-3-5-7-18/h3-9,14H,10-13,15-16H2,1-2H3. The molecule has 1 aliphatic heterocycles. The fraction of sp³-hybridized carbons (Fsp3) is 0.348. The van der Waals surface area contributed by atoms with E-state index in [1.54, 1.807) is 7.11 Å². The average molecular weight is 395 g/mol.